The van der Waals surface area contributed by atoms with Crippen molar-refractivity contribution in [3.8, 4) is 0 Å². The van der Waals surface area contributed by atoms with Crippen molar-refractivity contribution in [1.29, 1.82) is 0 Å². The van der Waals surface area contributed by atoms with Gasteiger partial charge >= 0.3 is 0 Å². The predicted octanol–water partition coefficient (Wildman–Crippen LogP) is 5.96. The van der Waals surface area contributed by atoms with Crippen LogP contribution < -0.4 is 5.32 Å². The van der Waals surface area contributed by atoms with Gasteiger partial charge in [-0.1, -0.05) is 54.8 Å². The van der Waals surface area contributed by atoms with Crippen LogP contribution in [0.25, 0.3) is 10.8 Å². The molecule has 0 atom stereocenters. The number of carbonyl (C=O) groups is 1. The number of fused-ring (bicyclic) bond motifs is 1. The number of aryl methyl sites for hydroxylation is 1. The van der Waals surface area contributed by atoms with Crippen LogP contribution in [0.4, 0.5) is 11.5 Å². The van der Waals surface area contributed by atoms with Crippen molar-refractivity contribution in [3.63, 3.8) is 0 Å². The molecular weight excluding hydrogens is 370 g/mol. The van der Waals surface area contributed by atoms with Gasteiger partial charge in [-0.05, 0) is 42.8 Å². The molecule has 3 aromatic rings. The van der Waals surface area contributed by atoms with Crippen LogP contribution in [0.2, 0.25) is 5.02 Å². The second-order valence-corrected chi connectivity index (χ2v) is 7.77. The third-order valence-electron chi connectivity index (χ3n) is 5.35. The van der Waals surface area contributed by atoms with Crippen molar-refractivity contribution in [2.45, 2.75) is 32.6 Å². The Hall–Kier alpha value is -2.59. The third kappa shape index (κ3) is 3.83. The van der Waals surface area contributed by atoms with Gasteiger partial charge in [-0.2, -0.15) is 0 Å². The number of anilines is 2. The van der Waals surface area contributed by atoms with Crippen LogP contribution in [-0.4, -0.2) is 28.9 Å². The number of hydrogen-bond donors (Lipinski definition) is 1. The normalized spacial score (nSPS) is 14.7. The van der Waals surface area contributed by atoms with E-state index in [1.54, 1.807) is 6.20 Å². The van der Waals surface area contributed by atoms with Gasteiger partial charge in [-0.3, -0.25) is 4.79 Å². The molecule has 4 nitrogen and oxygen atoms in total. The Labute approximate surface area is 170 Å². The molecular formula is C23H24ClN3O. The van der Waals surface area contributed by atoms with Crippen molar-refractivity contribution in [1.82, 2.24) is 9.88 Å². The second kappa shape index (κ2) is 8.19. The van der Waals surface area contributed by atoms with Crippen molar-refractivity contribution < 1.29 is 4.79 Å². The average Bonchev–Trinajstić information content (AvgIpc) is 3.00. The molecule has 1 amide bonds. The standard InChI is InChI=1S/C23H24ClN3O/c1-16-10-11-17(14-21(16)24)26-22-19-9-5-4-8-18(19)20(15-25-22)23(28)27-12-6-2-3-7-13-27/h4-5,8-11,14-15H,2-3,6-7,12-13H2,1H3,(H,25,26). The summed E-state index contributed by atoms with van der Waals surface area (Å²) >= 11 is 6.25. The van der Waals surface area contributed by atoms with Crippen LogP contribution in [-0.2, 0) is 0 Å². The Morgan fingerprint density at radius 3 is 2.46 bits per heavy atom. The van der Waals surface area contributed by atoms with E-state index < -0.39 is 0 Å². The minimum atomic E-state index is 0.0792. The number of pyridine rings is 1. The lowest BCUT2D eigenvalue weighted by Crippen LogP contribution is -2.32. The molecule has 144 valence electrons. The highest BCUT2D eigenvalue weighted by Gasteiger charge is 2.20. The van der Waals surface area contributed by atoms with E-state index in [4.69, 9.17) is 11.6 Å². The van der Waals surface area contributed by atoms with Crippen LogP contribution in [0.1, 0.15) is 41.6 Å². The maximum absolute atomic E-state index is 13.2. The fourth-order valence-electron chi connectivity index (χ4n) is 3.71. The van der Waals surface area contributed by atoms with Gasteiger partial charge in [0.05, 0.1) is 5.56 Å². The largest absolute Gasteiger partial charge is 0.340 e. The number of hydrogen-bond acceptors (Lipinski definition) is 3. The van der Waals surface area contributed by atoms with Crippen molar-refractivity contribution in [2.24, 2.45) is 0 Å². The van der Waals surface area contributed by atoms with E-state index in [9.17, 15) is 4.79 Å². The second-order valence-electron chi connectivity index (χ2n) is 7.36. The molecule has 1 aliphatic rings. The molecule has 0 saturated carbocycles. The van der Waals surface area contributed by atoms with Crippen LogP contribution in [0, 0.1) is 6.92 Å². The summed E-state index contributed by atoms with van der Waals surface area (Å²) < 4.78 is 0. The number of halogens is 1. The van der Waals surface area contributed by atoms with E-state index in [1.807, 2.05) is 54.3 Å². The van der Waals surface area contributed by atoms with Gasteiger partial charge in [0, 0.05) is 35.4 Å². The number of likely N-dealkylation sites (tertiary alicyclic amines) is 1. The fraction of sp³-hybridized carbons (Fsp3) is 0.304. The Morgan fingerprint density at radius 2 is 1.75 bits per heavy atom. The van der Waals surface area contributed by atoms with E-state index in [-0.39, 0.29) is 5.91 Å². The Bertz CT molecular complexity index is 1010. The van der Waals surface area contributed by atoms with Crippen LogP contribution in [0.5, 0.6) is 0 Å². The van der Waals surface area contributed by atoms with Gasteiger partial charge in [0.2, 0.25) is 0 Å². The molecule has 0 aliphatic carbocycles. The van der Waals surface area contributed by atoms with E-state index in [0.29, 0.717) is 10.6 Å². The first-order chi connectivity index (χ1) is 13.6. The summed E-state index contributed by atoms with van der Waals surface area (Å²) in [5.74, 6) is 0.804. The molecule has 1 aliphatic heterocycles. The van der Waals surface area contributed by atoms with Gasteiger partial charge in [-0.15, -0.1) is 0 Å². The molecule has 0 unspecified atom stereocenters. The maximum Gasteiger partial charge on any atom is 0.256 e. The predicted molar refractivity (Wildman–Crippen MR) is 116 cm³/mol. The van der Waals surface area contributed by atoms with Gasteiger partial charge in [0.1, 0.15) is 5.82 Å². The van der Waals surface area contributed by atoms with Gasteiger partial charge in [0.25, 0.3) is 5.91 Å². The summed E-state index contributed by atoms with van der Waals surface area (Å²) in [5.41, 5.74) is 2.58. The first kappa shape index (κ1) is 18.8. The Kier molecular flexibility index (Phi) is 5.49. The zero-order valence-electron chi connectivity index (χ0n) is 16.0. The zero-order valence-corrected chi connectivity index (χ0v) is 16.8. The first-order valence-corrected chi connectivity index (χ1v) is 10.2. The molecule has 0 radical (unpaired) electrons. The number of benzene rings is 2. The van der Waals surface area contributed by atoms with Gasteiger partial charge in [0.15, 0.2) is 0 Å². The monoisotopic (exact) mass is 393 g/mol. The van der Waals surface area contributed by atoms with Crippen LogP contribution in [0.3, 0.4) is 0 Å². The molecule has 2 aromatic carbocycles. The number of rotatable bonds is 3. The molecule has 1 fully saturated rings. The molecule has 1 N–H and O–H groups in total. The number of amides is 1. The van der Waals surface area contributed by atoms with E-state index in [2.05, 4.69) is 10.3 Å². The highest BCUT2D eigenvalue weighted by molar-refractivity contribution is 6.31. The minimum Gasteiger partial charge on any atom is -0.340 e. The maximum atomic E-state index is 13.2. The van der Waals surface area contributed by atoms with E-state index in [0.717, 1.165) is 53.8 Å². The van der Waals surface area contributed by atoms with E-state index in [1.165, 1.54) is 12.8 Å². The Balaban J connectivity index is 1.70. The lowest BCUT2D eigenvalue weighted by Gasteiger charge is -2.21. The van der Waals surface area contributed by atoms with Crippen LogP contribution >= 0.6 is 11.6 Å². The lowest BCUT2D eigenvalue weighted by atomic mass is 10.1. The van der Waals surface area contributed by atoms with Gasteiger partial charge < -0.3 is 10.2 Å². The highest BCUT2D eigenvalue weighted by Crippen LogP contribution is 2.29. The summed E-state index contributed by atoms with van der Waals surface area (Å²) in [6, 6.07) is 13.8. The van der Waals surface area contributed by atoms with Crippen molar-refractivity contribution >= 4 is 39.8 Å². The van der Waals surface area contributed by atoms with Crippen LogP contribution in [0.15, 0.2) is 48.7 Å². The summed E-state index contributed by atoms with van der Waals surface area (Å²) in [6.45, 7) is 3.63. The molecule has 4 rings (SSSR count). The average molecular weight is 394 g/mol. The van der Waals surface area contributed by atoms with Crippen molar-refractivity contribution in [3.05, 3.63) is 64.8 Å². The number of nitrogens with one attached hydrogen (secondary N) is 1. The topological polar surface area (TPSA) is 45.2 Å². The molecule has 1 saturated heterocycles. The number of carbonyl (C=O) groups excluding carboxylic acids is 1. The number of nitrogens with zero attached hydrogens (tertiary/aromatic N) is 2. The summed E-state index contributed by atoms with van der Waals surface area (Å²) in [5, 5.41) is 5.91. The minimum absolute atomic E-state index is 0.0792. The molecule has 1 aromatic heterocycles. The lowest BCUT2D eigenvalue weighted by molar-refractivity contribution is 0.0763. The molecule has 5 heteroatoms. The summed E-state index contributed by atoms with van der Waals surface area (Å²) in [7, 11) is 0. The van der Waals surface area contributed by atoms with Gasteiger partial charge in [-0.25, -0.2) is 4.98 Å². The van der Waals surface area contributed by atoms with E-state index >= 15 is 0 Å². The molecule has 0 bridgehead atoms. The molecule has 28 heavy (non-hydrogen) atoms. The molecule has 0 spiro atoms. The summed E-state index contributed by atoms with van der Waals surface area (Å²) in [4.78, 5) is 19.7. The third-order valence-corrected chi connectivity index (χ3v) is 5.76. The smallest absolute Gasteiger partial charge is 0.256 e. The highest BCUT2D eigenvalue weighted by atomic mass is 35.5. The fourth-order valence-corrected chi connectivity index (χ4v) is 3.89. The van der Waals surface area contributed by atoms with Crippen molar-refractivity contribution in [2.75, 3.05) is 18.4 Å². The zero-order chi connectivity index (χ0) is 19.5. The summed E-state index contributed by atoms with van der Waals surface area (Å²) in [6.07, 6.45) is 6.25. The molecule has 2 heterocycles. The first-order valence-electron chi connectivity index (χ1n) is 9.84. The SMILES string of the molecule is Cc1ccc(Nc2ncc(C(=O)N3CCCCCC3)c3ccccc23)cc1Cl. The Morgan fingerprint density at radius 1 is 1.04 bits per heavy atom. The quantitative estimate of drug-likeness (QED) is 0.597. The number of aromatic nitrogens is 1.